The minimum Gasteiger partial charge on any atom is -0.366 e. The Morgan fingerprint density at radius 3 is 2.52 bits per heavy atom. The van der Waals surface area contributed by atoms with E-state index >= 15 is 0 Å². The number of primary amides is 1. The number of benzene rings is 2. The summed E-state index contributed by atoms with van der Waals surface area (Å²) in [7, 11) is -2.98. The second kappa shape index (κ2) is 5.74. The van der Waals surface area contributed by atoms with Gasteiger partial charge in [0.15, 0.2) is 9.84 Å². The number of hydrogen-bond acceptors (Lipinski definition) is 3. The summed E-state index contributed by atoms with van der Waals surface area (Å²) < 4.78 is 23.7. The van der Waals surface area contributed by atoms with Gasteiger partial charge in [0.1, 0.15) is 0 Å². The Morgan fingerprint density at radius 2 is 1.88 bits per heavy atom. The number of carbonyl (C=O) groups is 1. The first-order valence-electron chi connectivity index (χ1n) is 8.15. The van der Waals surface area contributed by atoms with Gasteiger partial charge in [-0.1, -0.05) is 30.3 Å². The van der Waals surface area contributed by atoms with E-state index in [9.17, 15) is 13.2 Å². The molecular formula is C19H18N2O3S. The number of aromatic amines is 1. The average molecular weight is 354 g/mol. The van der Waals surface area contributed by atoms with Gasteiger partial charge in [0.25, 0.3) is 5.91 Å². The summed E-state index contributed by atoms with van der Waals surface area (Å²) in [6.45, 7) is 0. The third kappa shape index (κ3) is 2.82. The quantitative estimate of drug-likeness (QED) is 0.757. The van der Waals surface area contributed by atoms with Crippen molar-refractivity contribution in [3.8, 4) is 11.1 Å². The largest absolute Gasteiger partial charge is 0.366 e. The minimum atomic E-state index is -2.98. The number of carbonyl (C=O) groups excluding carboxylic acids is 1. The number of nitrogens with one attached hydrogen (secondary N) is 1. The molecular weight excluding hydrogens is 336 g/mol. The third-order valence-corrected chi connectivity index (χ3v) is 6.63. The summed E-state index contributed by atoms with van der Waals surface area (Å²) in [6, 6.07) is 13.5. The Bertz CT molecular complexity index is 1070. The number of aromatic nitrogens is 1. The van der Waals surface area contributed by atoms with Crippen molar-refractivity contribution in [1.29, 1.82) is 0 Å². The van der Waals surface area contributed by atoms with Crippen LogP contribution in [0.1, 0.15) is 28.3 Å². The summed E-state index contributed by atoms with van der Waals surface area (Å²) in [4.78, 5) is 15.1. The number of H-pyrrole nitrogens is 1. The average Bonchev–Trinajstić information content (AvgIpc) is 3.17. The monoisotopic (exact) mass is 354 g/mol. The van der Waals surface area contributed by atoms with Crippen molar-refractivity contribution in [2.24, 2.45) is 5.73 Å². The lowest BCUT2D eigenvalue weighted by atomic mass is 9.94. The lowest BCUT2D eigenvalue weighted by Crippen LogP contribution is -2.11. The molecule has 1 aromatic heterocycles. The van der Waals surface area contributed by atoms with Crippen molar-refractivity contribution >= 4 is 26.6 Å². The SMILES string of the molecule is NC(=O)c1cc(-c2ccccc2)cc2c(C3CCS(=O)(=O)C3)c[nH]c12. The molecule has 1 unspecified atom stereocenters. The first-order valence-corrected chi connectivity index (χ1v) is 9.97. The Morgan fingerprint density at radius 1 is 1.12 bits per heavy atom. The Hall–Kier alpha value is -2.60. The van der Waals surface area contributed by atoms with E-state index in [1.54, 1.807) is 6.07 Å². The van der Waals surface area contributed by atoms with Crippen LogP contribution in [0.3, 0.4) is 0 Å². The number of amides is 1. The van der Waals surface area contributed by atoms with E-state index in [1.165, 1.54) is 0 Å². The normalized spacial score (nSPS) is 19.3. The van der Waals surface area contributed by atoms with E-state index in [4.69, 9.17) is 5.73 Å². The molecule has 3 aromatic rings. The van der Waals surface area contributed by atoms with Gasteiger partial charge in [0.05, 0.1) is 22.6 Å². The van der Waals surface area contributed by atoms with Crippen LogP contribution in [0.5, 0.6) is 0 Å². The molecule has 3 N–H and O–H groups in total. The second-order valence-electron chi connectivity index (χ2n) is 6.52. The highest BCUT2D eigenvalue weighted by molar-refractivity contribution is 7.91. The van der Waals surface area contributed by atoms with Crippen molar-refractivity contribution in [2.45, 2.75) is 12.3 Å². The molecule has 0 saturated carbocycles. The van der Waals surface area contributed by atoms with Crippen LogP contribution in [-0.2, 0) is 9.84 Å². The topological polar surface area (TPSA) is 93.0 Å². The molecule has 128 valence electrons. The van der Waals surface area contributed by atoms with Gasteiger partial charge < -0.3 is 10.7 Å². The van der Waals surface area contributed by atoms with Gasteiger partial charge in [-0.3, -0.25) is 4.79 Å². The minimum absolute atomic E-state index is 0.0505. The smallest absolute Gasteiger partial charge is 0.250 e. The van der Waals surface area contributed by atoms with E-state index in [2.05, 4.69) is 4.98 Å². The Kier molecular flexibility index (Phi) is 3.65. The standard InChI is InChI=1S/C19H18N2O3S/c20-19(22)16-9-14(12-4-2-1-3-5-12)8-15-17(10-21-18(15)16)13-6-7-25(23,24)11-13/h1-5,8-10,13,21H,6-7,11H2,(H2,20,22). The second-order valence-corrected chi connectivity index (χ2v) is 8.75. The molecule has 1 amide bonds. The zero-order chi connectivity index (χ0) is 17.6. The Labute approximate surface area is 145 Å². The van der Waals surface area contributed by atoms with E-state index in [0.717, 1.165) is 22.1 Å². The highest BCUT2D eigenvalue weighted by Gasteiger charge is 2.31. The zero-order valence-corrected chi connectivity index (χ0v) is 14.3. The first kappa shape index (κ1) is 15.9. The van der Waals surface area contributed by atoms with Crippen LogP contribution < -0.4 is 5.73 Å². The number of nitrogens with two attached hydrogens (primary N) is 1. The van der Waals surface area contributed by atoms with Crippen LogP contribution in [0, 0.1) is 0 Å². The van der Waals surface area contributed by atoms with Crippen LogP contribution in [0.25, 0.3) is 22.0 Å². The molecule has 1 fully saturated rings. The van der Waals surface area contributed by atoms with E-state index in [0.29, 0.717) is 17.5 Å². The molecule has 1 aliphatic rings. The summed E-state index contributed by atoms with van der Waals surface area (Å²) >= 11 is 0. The van der Waals surface area contributed by atoms with Crippen LogP contribution in [0.15, 0.2) is 48.7 Å². The predicted octanol–water partition coefficient (Wildman–Crippen LogP) is 2.84. The van der Waals surface area contributed by atoms with Gasteiger partial charge in [-0.05, 0) is 35.2 Å². The fraction of sp³-hybridized carbons (Fsp3) is 0.211. The molecule has 0 radical (unpaired) electrons. The molecule has 4 rings (SSSR count). The van der Waals surface area contributed by atoms with E-state index in [-0.39, 0.29) is 17.4 Å². The molecule has 2 aromatic carbocycles. The maximum absolute atomic E-state index is 11.9. The maximum Gasteiger partial charge on any atom is 0.250 e. The highest BCUT2D eigenvalue weighted by Crippen LogP contribution is 2.36. The van der Waals surface area contributed by atoms with E-state index < -0.39 is 15.7 Å². The number of hydrogen-bond donors (Lipinski definition) is 2. The highest BCUT2D eigenvalue weighted by atomic mass is 32.2. The molecule has 5 nitrogen and oxygen atoms in total. The van der Waals surface area contributed by atoms with Crippen molar-refractivity contribution in [3.05, 3.63) is 59.8 Å². The zero-order valence-electron chi connectivity index (χ0n) is 13.5. The van der Waals surface area contributed by atoms with Gasteiger partial charge in [-0.15, -0.1) is 0 Å². The molecule has 0 bridgehead atoms. The molecule has 25 heavy (non-hydrogen) atoms. The fourth-order valence-corrected chi connectivity index (χ4v) is 5.39. The lowest BCUT2D eigenvalue weighted by Gasteiger charge is -2.10. The van der Waals surface area contributed by atoms with Crippen molar-refractivity contribution < 1.29 is 13.2 Å². The van der Waals surface area contributed by atoms with Crippen LogP contribution in [-0.4, -0.2) is 30.8 Å². The molecule has 1 saturated heterocycles. The van der Waals surface area contributed by atoms with Crippen LogP contribution in [0.2, 0.25) is 0 Å². The molecule has 1 aliphatic heterocycles. The predicted molar refractivity (Wildman–Crippen MR) is 98.3 cm³/mol. The van der Waals surface area contributed by atoms with Gasteiger partial charge >= 0.3 is 0 Å². The summed E-state index contributed by atoms with van der Waals surface area (Å²) in [5.41, 5.74) is 9.49. The van der Waals surface area contributed by atoms with Gasteiger partial charge in [-0.2, -0.15) is 0 Å². The van der Waals surface area contributed by atoms with Crippen molar-refractivity contribution in [2.75, 3.05) is 11.5 Å². The van der Waals surface area contributed by atoms with E-state index in [1.807, 2.05) is 42.6 Å². The van der Waals surface area contributed by atoms with Crippen LogP contribution >= 0.6 is 0 Å². The molecule has 1 atom stereocenters. The van der Waals surface area contributed by atoms with Crippen molar-refractivity contribution in [1.82, 2.24) is 4.98 Å². The fourth-order valence-electron chi connectivity index (χ4n) is 3.62. The van der Waals surface area contributed by atoms with Gasteiger partial charge in [-0.25, -0.2) is 8.42 Å². The Balaban J connectivity index is 1.92. The number of rotatable bonds is 3. The lowest BCUT2D eigenvalue weighted by molar-refractivity contribution is 0.100. The molecule has 0 aliphatic carbocycles. The number of sulfone groups is 1. The first-order chi connectivity index (χ1) is 11.9. The van der Waals surface area contributed by atoms with Gasteiger partial charge in [0, 0.05) is 17.5 Å². The summed E-state index contributed by atoms with van der Waals surface area (Å²) in [5.74, 6) is -0.187. The summed E-state index contributed by atoms with van der Waals surface area (Å²) in [5, 5.41) is 0.872. The van der Waals surface area contributed by atoms with Crippen LogP contribution in [0.4, 0.5) is 0 Å². The maximum atomic E-state index is 11.9. The molecule has 6 heteroatoms. The van der Waals surface area contributed by atoms with Crippen molar-refractivity contribution in [3.63, 3.8) is 0 Å². The molecule has 0 spiro atoms. The third-order valence-electron chi connectivity index (χ3n) is 4.87. The molecule has 2 heterocycles. The number of fused-ring (bicyclic) bond motifs is 1. The van der Waals surface area contributed by atoms with Gasteiger partial charge in [0.2, 0.25) is 0 Å². The summed E-state index contributed by atoms with van der Waals surface area (Å²) in [6.07, 6.45) is 2.42.